The van der Waals surface area contributed by atoms with Crippen LogP contribution in [-0.4, -0.2) is 47.7 Å². The van der Waals surface area contributed by atoms with Crippen LogP contribution in [0.15, 0.2) is 41.3 Å². The second-order valence-electron chi connectivity index (χ2n) is 6.85. The van der Waals surface area contributed by atoms with Crippen LogP contribution in [0.1, 0.15) is 19.4 Å². The molecule has 168 valence electrons. The Bertz CT molecular complexity index is 971. The zero-order valence-corrected chi connectivity index (χ0v) is 20.9. The summed E-state index contributed by atoms with van der Waals surface area (Å²) in [6.45, 7) is 9.39. The minimum atomic E-state index is -0.284. The Balaban J connectivity index is 0.00000341. The molecule has 0 radical (unpaired) electrons. The fourth-order valence-corrected chi connectivity index (χ4v) is 5.20. The Labute approximate surface area is 202 Å². The van der Waals surface area contributed by atoms with Crippen molar-refractivity contribution in [2.45, 2.75) is 25.7 Å². The van der Waals surface area contributed by atoms with Crippen LogP contribution in [0.5, 0.6) is 0 Å². The highest BCUT2D eigenvalue weighted by Gasteiger charge is 2.22. The van der Waals surface area contributed by atoms with Crippen LogP contribution in [0.2, 0.25) is 5.02 Å². The summed E-state index contributed by atoms with van der Waals surface area (Å²) in [5, 5.41) is 1.31. The fraction of sp³-hybridized carbons (Fsp3) is 0.364. The van der Waals surface area contributed by atoms with Crippen molar-refractivity contribution in [2.75, 3.05) is 36.8 Å². The van der Waals surface area contributed by atoms with Crippen LogP contribution in [0.4, 0.5) is 9.52 Å². The first kappa shape index (κ1) is 25.9. The van der Waals surface area contributed by atoms with Crippen LogP contribution in [-0.2, 0) is 4.79 Å². The molecule has 0 atom stereocenters. The second-order valence-corrected chi connectivity index (χ2v) is 9.29. The van der Waals surface area contributed by atoms with Crippen molar-refractivity contribution in [1.82, 2.24) is 9.88 Å². The van der Waals surface area contributed by atoms with Gasteiger partial charge in [0.2, 0.25) is 5.91 Å². The molecule has 3 aromatic rings. The molecule has 31 heavy (non-hydrogen) atoms. The van der Waals surface area contributed by atoms with Gasteiger partial charge in [0.05, 0.1) is 21.0 Å². The molecule has 0 saturated heterocycles. The standard InChI is InChI=1S/C22H25ClFN3OS2.ClH/c1-4-26(5-2)12-13-27(19(28)14-29-17-9-7-16(24)8-10-17)22-25-20-15(3)6-11-18(23)21(20)30-22;/h6-11H,4-5,12-14H2,1-3H3;1H. The molecule has 0 saturated carbocycles. The zero-order valence-electron chi connectivity index (χ0n) is 17.7. The number of nitrogens with zero attached hydrogens (tertiary/aromatic N) is 3. The summed E-state index contributed by atoms with van der Waals surface area (Å²) in [5.41, 5.74) is 1.88. The third-order valence-electron chi connectivity index (χ3n) is 4.93. The molecule has 2 aromatic carbocycles. The van der Waals surface area contributed by atoms with Crippen molar-refractivity contribution in [3.63, 3.8) is 0 Å². The fourth-order valence-electron chi connectivity index (χ4n) is 3.07. The number of hydrogen-bond acceptors (Lipinski definition) is 5. The summed E-state index contributed by atoms with van der Waals surface area (Å²) in [5.74, 6) is -0.0513. The van der Waals surface area contributed by atoms with E-state index in [0.717, 1.165) is 40.3 Å². The Kier molecular flexibility index (Phi) is 10.0. The van der Waals surface area contributed by atoms with Crippen LogP contribution in [0.25, 0.3) is 10.2 Å². The molecule has 0 unspecified atom stereocenters. The van der Waals surface area contributed by atoms with E-state index in [4.69, 9.17) is 16.6 Å². The van der Waals surface area contributed by atoms with E-state index in [9.17, 15) is 9.18 Å². The van der Waals surface area contributed by atoms with Crippen LogP contribution in [0, 0.1) is 12.7 Å². The number of aromatic nitrogens is 1. The van der Waals surface area contributed by atoms with Crippen LogP contribution in [0.3, 0.4) is 0 Å². The molecule has 0 bridgehead atoms. The van der Waals surface area contributed by atoms with E-state index in [1.54, 1.807) is 17.0 Å². The smallest absolute Gasteiger partial charge is 0.239 e. The first-order valence-electron chi connectivity index (χ1n) is 9.89. The molecule has 0 N–H and O–H groups in total. The number of aryl methyl sites for hydroxylation is 1. The molecule has 0 aliphatic carbocycles. The Morgan fingerprint density at radius 3 is 2.42 bits per heavy atom. The number of hydrogen-bond donors (Lipinski definition) is 0. The van der Waals surface area contributed by atoms with Crippen molar-refractivity contribution >= 4 is 68.4 Å². The highest BCUT2D eigenvalue weighted by Crippen LogP contribution is 2.36. The molecular weight excluding hydrogens is 476 g/mol. The first-order chi connectivity index (χ1) is 14.4. The number of thioether (sulfide) groups is 1. The molecule has 4 nitrogen and oxygen atoms in total. The minimum absolute atomic E-state index is 0. The molecule has 3 rings (SSSR count). The number of amides is 1. The number of fused-ring (bicyclic) bond motifs is 1. The third-order valence-corrected chi connectivity index (χ3v) is 7.46. The highest BCUT2D eigenvalue weighted by atomic mass is 35.5. The summed E-state index contributed by atoms with van der Waals surface area (Å²) in [7, 11) is 0. The SMILES string of the molecule is CCN(CC)CCN(C(=O)CSc1ccc(F)cc1)c1nc2c(C)ccc(Cl)c2s1.Cl. The number of carbonyl (C=O) groups excluding carboxylic acids is 1. The van der Waals surface area contributed by atoms with Gasteiger partial charge in [-0.05, 0) is 55.9 Å². The number of halogens is 3. The van der Waals surface area contributed by atoms with E-state index in [0.29, 0.717) is 16.7 Å². The highest BCUT2D eigenvalue weighted by molar-refractivity contribution is 8.00. The molecule has 1 heterocycles. The lowest BCUT2D eigenvalue weighted by Gasteiger charge is -2.24. The van der Waals surface area contributed by atoms with Crippen molar-refractivity contribution in [2.24, 2.45) is 0 Å². The number of anilines is 1. The van der Waals surface area contributed by atoms with Gasteiger partial charge in [0.15, 0.2) is 5.13 Å². The Morgan fingerprint density at radius 1 is 1.13 bits per heavy atom. The number of thiazole rings is 1. The number of likely N-dealkylation sites (N-methyl/N-ethyl adjacent to an activating group) is 1. The van der Waals surface area contributed by atoms with Crippen molar-refractivity contribution in [1.29, 1.82) is 0 Å². The van der Waals surface area contributed by atoms with E-state index in [1.165, 1.54) is 35.2 Å². The largest absolute Gasteiger partial charge is 0.302 e. The summed E-state index contributed by atoms with van der Waals surface area (Å²) in [4.78, 5) is 22.8. The van der Waals surface area contributed by atoms with Gasteiger partial charge in [-0.2, -0.15) is 0 Å². The molecule has 0 fully saturated rings. The lowest BCUT2D eigenvalue weighted by atomic mass is 10.2. The van der Waals surface area contributed by atoms with Crippen molar-refractivity contribution in [3.05, 3.63) is 52.8 Å². The Morgan fingerprint density at radius 2 is 1.81 bits per heavy atom. The van der Waals surface area contributed by atoms with Gasteiger partial charge in [0, 0.05) is 18.0 Å². The maximum Gasteiger partial charge on any atom is 0.239 e. The van der Waals surface area contributed by atoms with Crippen molar-refractivity contribution < 1.29 is 9.18 Å². The topological polar surface area (TPSA) is 36.4 Å². The monoisotopic (exact) mass is 501 g/mol. The summed E-state index contributed by atoms with van der Waals surface area (Å²) < 4.78 is 14.0. The molecular formula is C22H26Cl2FN3OS2. The summed E-state index contributed by atoms with van der Waals surface area (Å²) in [6.07, 6.45) is 0. The van der Waals surface area contributed by atoms with E-state index in [1.807, 2.05) is 19.1 Å². The summed E-state index contributed by atoms with van der Waals surface area (Å²) in [6, 6.07) is 10.0. The lowest BCUT2D eigenvalue weighted by molar-refractivity contribution is -0.116. The molecule has 1 aromatic heterocycles. The zero-order chi connectivity index (χ0) is 21.7. The van der Waals surface area contributed by atoms with Crippen LogP contribution < -0.4 is 4.90 Å². The Hall–Kier alpha value is -1.38. The van der Waals surface area contributed by atoms with E-state index in [-0.39, 0.29) is 29.9 Å². The number of rotatable bonds is 9. The van der Waals surface area contributed by atoms with Crippen molar-refractivity contribution in [3.8, 4) is 0 Å². The van der Waals surface area contributed by atoms with Gasteiger partial charge in [-0.1, -0.05) is 42.9 Å². The van der Waals surface area contributed by atoms with Gasteiger partial charge in [-0.25, -0.2) is 9.37 Å². The predicted octanol–water partition coefficient (Wildman–Crippen LogP) is 6.29. The maximum atomic E-state index is 13.2. The van der Waals surface area contributed by atoms with Gasteiger partial charge in [0.25, 0.3) is 0 Å². The van der Waals surface area contributed by atoms with E-state index >= 15 is 0 Å². The maximum absolute atomic E-state index is 13.2. The van der Waals surface area contributed by atoms with Gasteiger partial charge in [-0.3, -0.25) is 9.69 Å². The van der Waals surface area contributed by atoms with E-state index < -0.39 is 0 Å². The van der Waals surface area contributed by atoms with Gasteiger partial charge in [-0.15, -0.1) is 24.2 Å². The first-order valence-corrected chi connectivity index (χ1v) is 12.1. The molecule has 1 amide bonds. The summed E-state index contributed by atoms with van der Waals surface area (Å²) >= 11 is 9.23. The normalized spacial score (nSPS) is 11.0. The quantitative estimate of drug-likeness (QED) is 0.323. The minimum Gasteiger partial charge on any atom is -0.302 e. The molecule has 0 spiro atoms. The second kappa shape index (κ2) is 12.0. The average Bonchev–Trinajstić information content (AvgIpc) is 3.20. The van der Waals surface area contributed by atoms with Gasteiger partial charge in [0.1, 0.15) is 5.82 Å². The van der Waals surface area contributed by atoms with Gasteiger partial charge < -0.3 is 4.90 Å². The molecule has 0 aliphatic rings. The molecule has 0 aliphatic heterocycles. The molecule has 9 heteroatoms. The third kappa shape index (κ3) is 6.56. The lowest BCUT2D eigenvalue weighted by Crippen LogP contribution is -2.39. The number of carbonyl (C=O) groups is 1. The van der Waals surface area contributed by atoms with Crippen LogP contribution >= 0.6 is 47.1 Å². The number of benzene rings is 2. The predicted molar refractivity (Wildman–Crippen MR) is 134 cm³/mol. The van der Waals surface area contributed by atoms with E-state index in [2.05, 4.69) is 18.7 Å². The average molecular weight is 503 g/mol. The van der Waals surface area contributed by atoms with Gasteiger partial charge >= 0.3 is 0 Å².